The van der Waals surface area contributed by atoms with E-state index in [1.165, 1.54) is 38.5 Å². The number of hydrogen-bond acceptors (Lipinski definition) is 5. The predicted molar refractivity (Wildman–Crippen MR) is 204 cm³/mol. The second-order valence-corrected chi connectivity index (χ2v) is 17.6. The highest BCUT2D eigenvalue weighted by Crippen LogP contribution is 2.58. The summed E-state index contributed by atoms with van der Waals surface area (Å²) in [5, 5.41) is 9.14. The zero-order chi connectivity index (χ0) is 35.5. The van der Waals surface area contributed by atoms with E-state index in [-0.39, 0.29) is 11.3 Å². The van der Waals surface area contributed by atoms with E-state index in [1.807, 2.05) is 30.3 Å². The number of hydrogen-bond donors (Lipinski definition) is 0. The first-order valence-electron chi connectivity index (χ1n) is 18.4. The number of unbranched alkanes of at least 4 members (excludes halogenated alkanes) is 9. The molecule has 0 heterocycles. The Kier molecular flexibility index (Phi) is 17.4. The van der Waals surface area contributed by atoms with E-state index in [0.717, 1.165) is 60.4 Å². The van der Waals surface area contributed by atoms with Crippen LogP contribution < -0.4 is 9.47 Å². The monoisotopic (exact) mass is 688 g/mol. The van der Waals surface area contributed by atoms with E-state index in [9.17, 15) is 4.57 Å². The lowest BCUT2D eigenvalue weighted by atomic mass is 9.80. The van der Waals surface area contributed by atoms with E-state index in [2.05, 4.69) is 87.0 Å². The van der Waals surface area contributed by atoms with Gasteiger partial charge in [-0.3, -0.25) is 4.67 Å². The van der Waals surface area contributed by atoms with Crippen molar-refractivity contribution in [1.82, 2.24) is 4.67 Å². The summed E-state index contributed by atoms with van der Waals surface area (Å²) in [5.41, 5.74) is 2.70. The minimum Gasteiger partial charge on any atom is -0.497 e. The number of rotatable bonds is 24. The Morgan fingerprint density at radius 3 is 1.49 bits per heavy atom. The van der Waals surface area contributed by atoms with Crippen molar-refractivity contribution in [2.45, 2.75) is 115 Å². The Morgan fingerprint density at radius 2 is 1.06 bits per heavy atom. The highest BCUT2D eigenvalue weighted by Gasteiger charge is 2.38. The molecule has 0 saturated carbocycles. The second-order valence-electron chi connectivity index (χ2n) is 13.6. The molecule has 0 N–H and O–H groups in total. The third-order valence-corrected chi connectivity index (χ3v) is 13.9. The lowest BCUT2D eigenvalue weighted by Crippen LogP contribution is -2.33. The molecular weight excluding hydrogens is 627 g/mol. The van der Waals surface area contributed by atoms with Crippen LogP contribution in [0.3, 0.4) is 0 Å². The van der Waals surface area contributed by atoms with Crippen molar-refractivity contribution in [2.24, 2.45) is 0 Å². The fourth-order valence-electron chi connectivity index (χ4n) is 6.96. The maximum atomic E-state index is 13.8. The van der Waals surface area contributed by atoms with Gasteiger partial charge in [-0.15, -0.1) is 0 Å². The van der Waals surface area contributed by atoms with Crippen molar-refractivity contribution in [2.75, 3.05) is 33.9 Å². The van der Waals surface area contributed by atoms with Gasteiger partial charge in [0.1, 0.15) is 17.1 Å². The second kappa shape index (κ2) is 21.2. The quantitative estimate of drug-likeness (QED) is 0.0530. The Labute approximate surface area is 297 Å². The average molecular weight is 689 g/mol. The smallest absolute Gasteiger partial charge is 0.155 e. The molecule has 3 rings (SSSR count). The van der Waals surface area contributed by atoms with Crippen LogP contribution in [0, 0.1) is 11.3 Å². The van der Waals surface area contributed by atoms with Gasteiger partial charge in [0.25, 0.3) is 0 Å². The van der Waals surface area contributed by atoms with Crippen LogP contribution in [0.1, 0.15) is 115 Å². The zero-order valence-electron chi connectivity index (χ0n) is 31.0. The van der Waals surface area contributed by atoms with Gasteiger partial charge in [0, 0.05) is 37.4 Å². The lowest BCUT2D eigenvalue weighted by Gasteiger charge is -2.37. The fraction of sp³-hybridized carbons (Fsp3) is 0.548. The van der Waals surface area contributed by atoms with Crippen LogP contribution >= 0.6 is 7.29 Å². The molecule has 0 aliphatic heterocycles. The Hall–Kier alpha value is -3.10. The van der Waals surface area contributed by atoms with E-state index in [0.29, 0.717) is 19.6 Å². The number of nitriles is 1. The molecule has 0 saturated heterocycles. The van der Waals surface area contributed by atoms with Crippen molar-refractivity contribution in [3.63, 3.8) is 0 Å². The van der Waals surface area contributed by atoms with Crippen LogP contribution in [0.5, 0.6) is 11.5 Å². The minimum absolute atomic E-state index is 0.117. The van der Waals surface area contributed by atoms with Crippen LogP contribution in [0.2, 0.25) is 0 Å². The molecule has 0 spiro atoms. The molecule has 0 unspecified atom stereocenters. The lowest BCUT2D eigenvalue weighted by molar-refractivity contribution is 0.0106. The Morgan fingerprint density at radius 1 is 0.633 bits per heavy atom. The number of methoxy groups -OCH3 is 2. The summed E-state index contributed by atoms with van der Waals surface area (Å²) in [6.45, 7) is 10.4. The van der Waals surface area contributed by atoms with Crippen LogP contribution in [0.15, 0.2) is 78.9 Å². The topological polar surface area (TPSA) is 71.8 Å². The molecule has 0 aromatic heterocycles. The summed E-state index contributed by atoms with van der Waals surface area (Å²) in [6.07, 6.45) is 12.2. The van der Waals surface area contributed by atoms with Crippen molar-refractivity contribution >= 4 is 7.29 Å². The normalized spacial score (nSPS) is 12.1. The summed E-state index contributed by atoms with van der Waals surface area (Å²) in [6, 6.07) is 29.2. The molecule has 0 fully saturated rings. The van der Waals surface area contributed by atoms with Gasteiger partial charge in [0.05, 0.1) is 20.3 Å². The van der Waals surface area contributed by atoms with E-state index in [1.54, 1.807) is 14.2 Å². The Bertz CT molecular complexity index is 1360. The minimum atomic E-state index is -2.48. The van der Waals surface area contributed by atoms with Gasteiger partial charge in [-0.05, 0) is 53.8 Å². The van der Waals surface area contributed by atoms with Gasteiger partial charge in [-0.1, -0.05) is 134 Å². The van der Waals surface area contributed by atoms with Crippen LogP contribution in [-0.2, 0) is 14.9 Å². The van der Waals surface area contributed by atoms with Crippen LogP contribution in [0.4, 0.5) is 0 Å². The molecule has 49 heavy (non-hydrogen) atoms. The van der Waals surface area contributed by atoms with Crippen molar-refractivity contribution in [3.8, 4) is 17.6 Å². The molecule has 0 aliphatic carbocycles. The molecule has 6 nitrogen and oxygen atoms in total. The summed E-state index contributed by atoms with van der Waals surface area (Å²) in [7, 11) is 0.897. The van der Waals surface area contributed by atoms with Gasteiger partial charge < -0.3 is 18.8 Å². The number of nitrogens with zero attached hydrogens (tertiary/aromatic N) is 2. The van der Waals surface area contributed by atoms with E-state index in [4.69, 9.17) is 19.5 Å². The largest absolute Gasteiger partial charge is 0.497 e. The van der Waals surface area contributed by atoms with Crippen molar-refractivity contribution in [1.29, 1.82) is 5.26 Å². The first-order valence-corrected chi connectivity index (χ1v) is 20.2. The summed E-state index contributed by atoms with van der Waals surface area (Å²) in [5.74, 6) is 1.64. The average Bonchev–Trinajstić information content (AvgIpc) is 3.13. The number of ether oxygens (including phenoxy) is 3. The van der Waals surface area contributed by atoms with Crippen molar-refractivity contribution < 1.29 is 18.8 Å². The van der Waals surface area contributed by atoms with Crippen molar-refractivity contribution in [3.05, 3.63) is 95.6 Å². The third kappa shape index (κ3) is 11.2. The SMILES string of the molecule is COc1ccc(C(OCCCCCCCCCCCCN(CCC#N)P(=O)(C(C)C)C(C)C)(c2ccccc2)c2ccc(OC)cc2)cc1. The molecule has 0 atom stereocenters. The fourth-order valence-corrected chi connectivity index (χ4v) is 10.3. The molecule has 0 radical (unpaired) electrons. The molecule has 0 aliphatic rings. The summed E-state index contributed by atoms with van der Waals surface area (Å²) < 4.78 is 33.9. The van der Waals surface area contributed by atoms with Crippen LogP contribution in [-0.4, -0.2) is 49.9 Å². The maximum absolute atomic E-state index is 13.8. The predicted octanol–water partition coefficient (Wildman–Crippen LogP) is 11.2. The maximum Gasteiger partial charge on any atom is 0.155 e. The molecule has 3 aromatic carbocycles. The Balaban J connectivity index is 1.47. The standard InChI is InChI=1S/C42H61N2O4P/c1-35(2)49(45,36(3)4)44(33-20-31-43)32-18-13-11-9-7-8-10-12-14-19-34-48-42(37-21-16-15-17-22-37,38-23-27-40(46-5)28-24-38)39-25-29-41(47-6)30-26-39/h15-17,21-30,35-36H,7-14,18-20,32-34H2,1-6H3. The molecule has 7 heteroatoms. The number of benzene rings is 3. The highest BCUT2D eigenvalue weighted by molar-refractivity contribution is 7.62. The third-order valence-electron chi connectivity index (χ3n) is 9.71. The first kappa shape index (κ1) is 40.3. The molecular formula is C42H61N2O4P. The molecule has 268 valence electrons. The van der Waals surface area contributed by atoms with E-state index < -0.39 is 12.9 Å². The van der Waals surface area contributed by atoms with E-state index >= 15 is 0 Å². The van der Waals surface area contributed by atoms with Gasteiger partial charge >= 0.3 is 0 Å². The van der Waals surface area contributed by atoms with Crippen LogP contribution in [0.25, 0.3) is 0 Å². The molecule has 0 bridgehead atoms. The molecule has 3 aromatic rings. The first-order chi connectivity index (χ1) is 23.7. The highest BCUT2D eigenvalue weighted by atomic mass is 31.2. The summed E-state index contributed by atoms with van der Waals surface area (Å²) in [4.78, 5) is 0. The zero-order valence-corrected chi connectivity index (χ0v) is 31.9. The van der Waals surface area contributed by atoms with Gasteiger partial charge in [-0.2, -0.15) is 5.26 Å². The van der Waals surface area contributed by atoms with Gasteiger partial charge in [0.2, 0.25) is 0 Å². The molecule has 0 amide bonds. The van der Waals surface area contributed by atoms with Gasteiger partial charge in [0.15, 0.2) is 7.29 Å². The summed E-state index contributed by atoms with van der Waals surface area (Å²) >= 11 is 0. The van der Waals surface area contributed by atoms with Gasteiger partial charge in [-0.25, -0.2) is 0 Å².